The van der Waals surface area contributed by atoms with Crippen LogP contribution >= 0.6 is 23.2 Å². The molecule has 7 heteroatoms. The minimum absolute atomic E-state index is 0.0965. The van der Waals surface area contributed by atoms with Crippen LogP contribution in [0.15, 0.2) is 42.5 Å². The fourth-order valence-corrected chi connectivity index (χ4v) is 3.05. The van der Waals surface area contributed by atoms with Crippen molar-refractivity contribution in [2.45, 2.75) is 20.0 Å². The van der Waals surface area contributed by atoms with Gasteiger partial charge in [0.05, 0.1) is 0 Å². The third kappa shape index (κ3) is 5.26. The fourth-order valence-electron chi connectivity index (χ4n) is 1.77. The second-order valence-corrected chi connectivity index (χ2v) is 7.29. The van der Waals surface area contributed by atoms with Gasteiger partial charge >= 0.3 is 0 Å². The van der Waals surface area contributed by atoms with Crippen LogP contribution in [0.25, 0.3) is 0 Å². The molecule has 4 nitrogen and oxygen atoms in total. The molecular formula is C15H16Cl2N2O2S. The second-order valence-electron chi connectivity index (χ2n) is 4.87. The van der Waals surface area contributed by atoms with Crippen LogP contribution in [-0.4, -0.2) is 8.42 Å². The SMILES string of the molecule is Cc1ccc(CNS(=O)(=O)NCc2ccc(Cl)cc2Cl)cc1. The molecule has 0 amide bonds. The van der Waals surface area contributed by atoms with Crippen LogP contribution in [0.2, 0.25) is 10.0 Å². The van der Waals surface area contributed by atoms with E-state index in [1.54, 1.807) is 18.2 Å². The molecular weight excluding hydrogens is 343 g/mol. The molecule has 22 heavy (non-hydrogen) atoms. The summed E-state index contributed by atoms with van der Waals surface area (Å²) in [6.45, 7) is 2.30. The number of hydrogen-bond acceptors (Lipinski definition) is 2. The van der Waals surface area contributed by atoms with Crippen LogP contribution < -0.4 is 9.44 Å². The Balaban J connectivity index is 1.92. The minimum Gasteiger partial charge on any atom is -0.198 e. The number of rotatable bonds is 6. The van der Waals surface area contributed by atoms with Crippen molar-refractivity contribution in [1.82, 2.24) is 9.44 Å². The van der Waals surface area contributed by atoms with E-state index in [4.69, 9.17) is 23.2 Å². The zero-order chi connectivity index (χ0) is 16.2. The molecule has 0 spiro atoms. The highest BCUT2D eigenvalue weighted by molar-refractivity contribution is 7.87. The Morgan fingerprint density at radius 3 is 2.23 bits per heavy atom. The van der Waals surface area contributed by atoms with Crippen LogP contribution in [0.3, 0.4) is 0 Å². The Morgan fingerprint density at radius 2 is 1.59 bits per heavy atom. The van der Waals surface area contributed by atoms with Gasteiger partial charge in [0.25, 0.3) is 10.2 Å². The van der Waals surface area contributed by atoms with Gasteiger partial charge in [0, 0.05) is 23.1 Å². The van der Waals surface area contributed by atoms with E-state index in [2.05, 4.69) is 9.44 Å². The first-order valence-electron chi connectivity index (χ1n) is 6.59. The highest BCUT2D eigenvalue weighted by Crippen LogP contribution is 2.20. The third-order valence-corrected chi connectivity index (χ3v) is 4.69. The molecule has 0 bridgehead atoms. The van der Waals surface area contributed by atoms with Crippen molar-refractivity contribution in [2.24, 2.45) is 0 Å². The first kappa shape index (κ1) is 17.2. The predicted molar refractivity (Wildman–Crippen MR) is 90.2 cm³/mol. The summed E-state index contributed by atoms with van der Waals surface area (Å²) in [7, 11) is -3.61. The maximum atomic E-state index is 11.9. The van der Waals surface area contributed by atoms with Crippen molar-refractivity contribution < 1.29 is 8.42 Å². The van der Waals surface area contributed by atoms with Gasteiger partial charge in [0.1, 0.15) is 0 Å². The smallest absolute Gasteiger partial charge is 0.198 e. The van der Waals surface area contributed by atoms with E-state index < -0.39 is 10.2 Å². The number of halogens is 2. The molecule has 2 aromatic rings. The van der Waals surface area contributed by atoms with Crippen molar-refractivity contribution in [2.75, 3.05) is 0 Å². The van der Waals surface area contributed by atoms with Gasteiger partial charge in [-0.3, -0.25) is 0 Å². The maximum Gasteiger partial charge on any atom is 0.277 e. The molecule has 0 heterocycles. The molecule has 0 aliphatic carbocycles. The Kier molecular flexibility index (Phi) is 5.83. The number of hydrogen-bond donors (Lipinski definition) is 2. The molecule has 0 atom stereocenters. The minimum atomic E-state index is -3.61. The van der Waals surface area contributed by atoms with Gasteiger partial charge in [-0.2, -0.15) is 17.9 Å². The van der Waals surface area contributed by atoms with Crippen molar-refractivity contribution in [3.05, 3.63) is 69.2 Å². The quantitative estimate of drug-likeness (QED) is 0.830. The lowest BCUT2D eigenvalue weighted by Crippen LogP contribution is -2.35. The summed E-state index contributed by atoms with van der Waals surface area (Å²) in [4.78, 5) is 0. The van der Waals surface area contributed by atoms with Crippen molar-refractivity contribution in [3.63, 3.8) is 0 Å². The van der Waals surface area contributed by atoms with E-state index in [0.717, 1.165) is 11.1 Å². The molecule has 0 fully saturated rings. The molecule has 2 N–H and O–H groups in total. The average molecular weight is 359 g/mol. The lowest BCUT2D eigenvalue weighted by molar-refractivity contribution is 0.566. The van der Waals surface area contributed by atoms with Gasteiger partial charge in [-0.15, -0.1) is 0 Å². The first-order chi connectivity index (χ1) is 10.4. The van der Waals surface area contributed by atoms with Gasteiger partial charge in [-0.25, -0.2) is 0 Å². The van der Waals surface area contributed by atoms with Gasteiger partial charge in [0.2, 0.25) is 0 Å². The molecule has 0 saturated heterocycles. The summed E-state index contributed by atoms with van der Waals surface area (Å²) in [6, 6.07) is 12.6. The molecule has 2 aromatic carbocycles. The zero-order valence-electron chi connectivity index (χ0n) is 11.9. The molecule has 0 saturated carbocycles. The van der Waals surface area contributed by atoms with Crippen molar-refractivity contribution >= 4 is 33.4 Å². The van der Waals surface area contributed by atoms with E-state index in [-0.39, 0.29) is 13.1 Å². The highest BCUT2D eigenvalue weighted by Gasteiger charge is 2.10. The maximum absolute atomic E-state index is 11.9. The zero-order valence-corrected chi connectivity index (χ0v) is 14.3. The standard InChI is InChI=1S/C15H16Cl2N2O2S/c1-11-2-4-12(5-3-11)9-18-22(20,21)19-10-13-6-7-14(16)8-15(13)17/h2-8,18-19H,9-10H2,1H3. The van der Waals surface area contributed by atoms with Gasteiger partial charge in [-0.1, -0.05) is 59.1 Å². The number of benzene rings is 2. The topological polar surface area (TPSA) is 58.2 Å². The van der Waals surface area contributed by atoms with Crippen LogP contribution in [0.5, 0.6) is 0 Å². The molecule has 0 aromatic heterocycles. The highest BCUT2D eigenvalue weighted by atomic mass is 35.5. The van der Waals surface area contributed by atoms with Crippen LogP contribution in [0.4, 0.5) is 0 Å². The summed E-state index contributed by atoms with van der Waals surface area (Å²) in [5.41, 5.74) is 2.68. The lowest BCUT2D eigenvalue weighted by atomic mass is 10.2. The Morgan fingerprint density at radius 1 is 0.955 bits per heavy atom. The van der Waals surface area contributed by atoms with Crippen molar-refractivity contribution in [1.29, 1.82) is 0 Å². The van der Waals surface area contributed by atoms with E-state index in [0.29, 0.717) is 15.6 Å². The van der Waals surface area contributed by atoms with E-state index >= 15 is 0 Å². The summed E-state index contributed by atoms with van der Waals surface area (Å²) < 4.78 is 28.8. The monoisotopic (exact) mass is 358 g/mol. The van der Waals surface area contributed by atoms with E-state index in [1.165, 1.54) is 0 Å². The largest absolute Gasteiger partial charge is 0.277 e. The molecule has 2 rings (SSSR count). The molecule has 0 unspecified atom stereocenters. The number of aryl methyl sites for hydroxylation is 1. The van der Waals surface area contributed by atoms with Crippen LogP contribution in [0, 0.1) is 6.92 Å². The Bertz CT molecular complexity index is 747. The third-order valence-electron chi connectivity index (χ3n) is 3.05. The predicted octanol–water partition coefficient (Wildman–Crippen LogP) is 3.43. The summed E-state index contributed by atoms with van der Waals surface area (Å²) in [5.74, 6) is 0. The van der Waals surface area contributed by atoms with Gasteiger partial charge in [0.15, 0.2) is 0 Å². The average Bonchev–Trinajstić information content (AvgIpc) is 2.46. The van der Waals surface area contributed by atoms with E-state index in [9.17, 15) is 8.42 Å². The molecule has 0 radical (unpaired) electrons. The molecule has 0 aliphatic heterocycles. The molecule has 118 valence electrons. The Labute approximate surface area is 140 Å². The Hall–Kier alpha value is -1.11. The second kappa shape index (κ2) is 7.44. The summed E-state index contributed by atoms with van der Waals surface area (Å²) in [5, 5.41) is 0.933. The number of nitrogens with one attached hydrogen (secondary N) is 2. The summed E-state index contributed by atoms with van der Waals surface area (Å²) >= 11 is 11.8. The normalized spacial score (nSPS) is 11.6. The fraction of sp³-hybridized carbons (Fsp3) is 0.200. The lowest BCUT2D eigenvalue weighted by Gasteiger charge is -2.10. The van der Waals surface area contributed by atoms with Crippen LogP contribution in [0.1, 0.15) is 16.7 Å². The van der Waals surface area contributed by atoms with Crippen molar-refractivity contribution in [3.8, 4) is 0 Å². The van der Waals surface area contributed by atoms with E-state index in [1.807, 2.05) is 31.2 Å². The van der Waals surface area contributed by atoms with Gasteiger partial charge in [-0.05, 0) is 30.2 Å². The molecule has 0 aliphatic rings. The first-order valence-corrected chi connectivity index (χ1v) is 8.83. The van der Waals surface area contributed by atoms with Crippen LogP contribution in [-0.2, 0) is 23.3 Å². The van der Waals surface area contributed by atoms with Gasteiger partial charge < -0.3 is 0 Å². The summed E-state index contributed by atoms with van der Waals surface area (Å²) in [6.07, 6.45) is 0.